The van der Waals surface area contributed by atoms with Crippen molar-refractivity contribution in [2.24, 2.45) is 0 Å². The molecule has 0 aromatic heterocycles. The number of hydrogen-bond donors (Lipinski definition) is 2. The SMILES string of the molecule is COc1cccc(NC(=O)C2(C)Oc3ccc(C)cc3NC2=O)c1. The molecule has 0 fully saturated rings. The molecule has 1 atom stereocenters. The number of aryl methyl sites for hydroxylation is 1. The minimum atomic E-state index is -1.66. The van der Waals surface area contributed by atoms with Crippen molar-refractivity contribution in [1.29, 1.82) is 0 Å². The fraction of sp³-hybridized carbons (Fsp3) is 0.222. The molecule has 2 aromatic carbocycles. The highest BCUT2D eigenvalue weighted by atomic mass is 16.5. The zero-order valence-corrected chi connectivity index (χ0v) is 13.7. The molecule has 2 N–H and O–H groups in total. The van der Waals surface area contributed by atoms with Crippen molar-refractivity contribution in [1.82, 2.24) is 0 Å². The normalized spacial score (nSPS) is 18.9. The first-order valence-electron chi connectivity index (χ1n) is 7.49. The van der Waals surface area contributed by atoms with Gasteiger partial charge >= 0.3 is 0 Å². The number of fused-ring (bicyclic) bond motifs is 1. The molecular formula is C18H18N2O4. The van der Waals surface area contributed by atoms with Crippen molar-refractivity contribution >= 4 is 23.2 Å². The third-order valence-electron chi connectivity index (χ3n) is 3.89. The molecule has 1 aliphatic heterocycles. The highest BCUT2D eigenvalue weighted by Gasteiger charge is 2.47. The monoisotopic (exact) mass is 326 g/mol. The predicted octanol–water partition coefficient (Wildman–Crippen LogP) is 2.73. The number of methoxy groups -OCH3 is 1. The smallest absolute Gasteiger partial charge is 0.278 e. The van der Waals surface area contributed by atoms with E-state index in [4.69, 9.17) is 9.47 Å². The topological polar surface area (TPSA) is 76.7 Å². The number of carbonyl (C=O) groups excluding carboxylic acids is 2. The third kappa shape index (κ3) is 2.78. The van der Waals surface area contributed by atoms with E-state index in [1.165, 1.54) is 6.92 Å². The summed E-state index contributed by atoms with van der Waals surface area (Å²) in [5.74, 6) is -0.00301. The Hall–Kier alpha value is -3.02. The number of amides is 2. The molecule has 6 heteroatoms. The van der Waals surface area contributed by atoms with Crippen molar-refractivity contribution < 1.29 is 19.1 Å². The Kier molecular flexibility index (Phi) is 3.89. The van der Waals surface area contributed by atoms with Crippen LogP contribution < -0.4 is 20.1 Å². The quantitative estimate of drug-likeness (QED) is 0.850. The molecule has 0 bridgehead atoms. The molecule has 124 valence electrons. The number of anilines is 2. The fourth-order valence-electron chi connectivity index (χ4n) is 2.44. The van der Waals surface area contributed by atoms with Crippen LogP contribution in [0.4, 0.5) is 11.4 Å². The van der Waals surface area contributed by atoms with Gasteiger partial charge in [0.15, 0.2) is 0 Å². The third-order valence-corrected chi connectivity index (χ3v) is 3.89. The molecule has 0 saturated heterocycles. The Bertz CT molecular complexity index is 818. The predicted molar refractivity (Wildman–Crippen MR) is 90.5 cm³/mol. The van der Waals surface area contributed by atoms with Gasteiger partial charge in [0.05, 0.1) is 12.8 Å². The second-order valence-corrected chi connectivity index (χ2v) is 5.78. The Balaban J connectivity index is 1.85. The standard InChI is InChI=1S/C18H18N2O4/c1-11-7-8-15-14(9-11)20-17(22)18(2,24-15)16(21)19-12-5-4-6-13(10-12)23-3/h4-10H,1-3H3,(H,19,21)(H,20,22). The lowest BCUT2D eigenvalue weighted by atomic mass is 10.0. The van der Waals surface area contributed by atoms with Crippen molar-refractivity contribution in [2.75, 3.05) is 17.7 Å². The second-order valence-electron chi connectivity index (χ2n) is 5.78. The summed E-state index contributed by atoms with van der Waals surface area (Å²) < 4.78 is 10.8. The van der Waals surface area contributed by atoms with Crippen LogP contribution in [-0.4, -0.2) is 24.5 Å². The summed E-state index contributed by atoms with van der Waals surface area (Å²) in [5, 5.41) is 5.43. The molecule has 0 spiro atoms. The van der Waals surface area contributed by atoms with Gasteiger partial charge in [-0.1, -0.05) is 12.1 Å². The Morgan fingerprint density at radius 1 is 1.25 bits per heavy atom. The van der Waals surface area contributed by atoms with Crippen LogP contribution in [0, 0.1) is 6.92 Å². The van der Waals surface area contributed by atoms with Gasteiger partial charge < -0.3 is 20.1 Å². The second kappa shape index (κ2) is 5.88. The molecule has 1 unspecified atom stereocenters. The average molecular weight is 326 g/mol. The molecule has 2 aromatic rings. The molecule has 0 aliphatic carbocycles. The summed E-state index contributed by atoms with van der Waals surface area (Å²) >= 11 is 0. The van der Waals surface area contributed by atoms with E-state index in [2.05, 4.69) is 10.6 Å². The minimum Gasteiger partial charge on any atom is -0.497 e. The Labute approximate surface area is 139 Å². The Morgan fingerprint density at radius 3 is 2.79 bits per heavy atom. The lowest BCUT2D eigenvalue weighted by molar-refractivity contribution is -0.143. The van der Waals surface area contributed by atoms with E-state index in [-0.39, 0.29) is 0 Å². The summed E-state index contributed by atoms with van der Waals surface area (Å²) in [6.45, 7) is 3.36. The molecule has 6 nitrogen and oxygen atoms in total. The van der Waals surface area contributed by atoms with Crippen molar-refractivity contribution in [3.8, 4) is 11.5 Å². The molecule has 3 rings (SSSR count). The Morgan fingerprint density at radius 2 is 2.04 bits per heavy atom. The van der Waals surface area contributed by atoms with Crippen molar-refractivity contribution in [2.45, 2.75) is 19.4 Å². The average Bonchev–Trinajstić information content (AvgIpc) is 2.56. The van der Waals surface area contributed by atoms with Gasteiger partial charge in [0.25, 0.3) is 17.4 Å². The van der Waals surface area contributed by atoms with Gasteiger partial charge in [-0.15, -0.1) is 0 Å². The zero-order chi connectivity index (χ0) is 17.3. The number of rotatable bonds is 3. The van der Waals surface area contributed by atoms with E-state index in [1.807, 2.05) is 13.0 Å². The van der Waals surface area contributed by atoms with Crippen LogP contribution in [0.1, 0.15) is 12.5 Å². The fourth-order valence-corrected chi connectivity index (χ4v) is 2.44. The van der Waals surface area contributed by atoms with Gasteiger partial charge in [-0.25, -0.2) is 0 Å². The summed E-state index contributed by atoms with van der Waals surface area (Å²) in [4.78, 5) is 25.1. The first-order chi connectivity index (χ1) is 11.4. The maximum Gasteiger partial charge on any atom is 0.278 e. The summed E-state index contributed by atoms with van der Waals surface area (Å²) in [7, 11) is 1.54. The van der Waals surface area contributed by atoms with Crippen LogP contribution >= 0.6 is 0 Å². The van der Waals surface area contributed by atoms with Crippen LogP contribution in [0.5, 0.6) is 11.5 Å². The van der Waals surface area contributed by atoms with Crippen LogP contribution in [0.15, 0.2) is 42.5 Å². The highest BCUT2D eigenvalue weighted by Crippen LogP contribution is 2.35. The molecular weight excluding hydrogens is 308 g/mol. The highest BCUT2D eigenvalue weighted by molar-refractivity contribution is 6.19. The molecule has 1 aliphatic rings. The molecule has 2 amide bonds. The van der Waals surface area contributed by atoms with Gasteiger partial charge in [-0.2, -0.15) is 0 Å². The first-order valence-corrected chi connectivity index (χ1v) is 7.49. The van der Waals surface area contributed by atoms with Crippen LogP contribution in [-0.2, 0) is 9.59 Å². The zero-order valence-electron chi connectivity index (χ0n) is 13.7. The largest absolute Gasteiger partial charge is 0.497 e. The van der Waals surface area contributed by atoms with E-state index < -0.39 is 17.4 Å². The maximum absolute atomic E-state index is 12.6. The number of benzene rings is 2. The van der Waals surface area contributed by atoms with Gasteiger partial charge in [-0.3, -0.25) is 9.59 Å². The van der Waals surface area contributed by atoms with E-state index >= 15 is 0 Å². The van der Waals surface area contributed by atoms with Gasteiger partial charge in [0.2, 0.25) is 0 Å². The number of carbonyl (C=O) groups is 2. The van der Waals surface area contributed by atoms with E-state index in [1.54, 1.807) is 43.5 Å². The van der Waals surface area contributed by atoms with Gasteiger partial charge in [0, 0.05) is 11.8 Å². The summed E-state index contributed by atoms with van der Waals surface area (Å²) in [5.41, 5.74) is 0.408. The van der Waals surface area contributed by atoms with E-state index in [9.17, 15) is 9.59 Å². The number of hydrogen-bond acceptors (Lipinski definition) is 4. The van der Waals surface area contributed by atoms with Crippen LogP contribution in [0.2, 0.25) is 0 Å². The van der Waals surface area contributed by atoms with E-state index in [0.717, 1.165) is 5.56 Å². The maximum atomic E-state index is 12.6. The number of ether oxygens (including phenoxy) is 2. The summed E-state index contributed by atoms with van der Waals surface area (Å²) in [6.07, 6.45) is 0. The lowest BCUT2D eigenvalue weighted by Crippen LogP contribution is -2.56. The van der Waals surface area contributed by atoms with Crippen LogP contribution in [0.3, 0.4) is 0 Å². The van der Waals surface area contributed by atoms with Gasteiger partial charge in [-0.05, 0) is 43.7 Å². The molecule has 24 heavy (non-hydrogen) atoms. The number of nitrogens with one attached hydrogen (secondary N) is 2. The van der Waals surface area contributed by atoms with Crippen molar-refractivity contribution in [3.63, 3.8) is 0 Å². The molecule has 0 saturated carbocycles. The summed E-state index contributed by atoms with van der Waals surface area (Å²) in [6, 6.07) is 12.3. The van der Waals surface area contributed by atoms with Crippen LogP contribution in [0.25, 0.3) is 0 Å². The lowest BCUT2D eigenvalue weighted by Gasteiger charge is -2.33. The van der Waals surface area contributed by atoms with Crippen molar-refractivity contribution in [3.05, 3.63) is 48.0 Å². The molecule has 1 heterocycles. The minimum absolute atomic E-state index is 0.462. The molecule has 0 radical (unpaired) electrons. The first kappa shape index (κ1) is 15.9. The van der Waals surface area contributed by atoms with Gasteiger partial charge in [0.1, 0.15) is 11.5 Å². The van der Waals surface area contributed by atoms with E-state index in [0.29, 0.717) is 22.9 Å².